The number of β-lactam (4-membered cyclic amide) rings is 1. The van der Waals surface area contributed by atoms with Gasteiger partial charge in [0.25, 0.3) is 11.5 Å². The molecule has 1 aromatic heterocycles. The topological polar surface area (TPSA) is 110 Å². The molecule has 2 aromatic carbocycles. The van der Waals surface area contributed by atoms with Gasteiger partial charge < -0.3 is 29.4 Å². The molecule has 0 radical (unpaired) electrons. The Kier molecular flexibility index (Phi) is 4.93. The van der Waals surface area contributed by atoms with Crippen molar-refractivity contribution in [1.82, 2.24) is 9.88 Å². The Bertz CT molecular complexity index is 1280. The largest absolute Gasteiger partial charge is 0.497 e. The quantitative estimate of drug-likeness (QED) is 0.595. The minimum absolute atomic E-state index is 0.183. The molecule has 0 spiro atoms. The zero-order valence-corrected chi connectivity index (χ0v) is 17.3. The van der Waals surface area contributed by atoms with Crippen molar-refractivity contribution in [1.29, 1.82) is 0 Å². The van der Waals surface area contributed by atoms with Crippen LogP contribution in [-0.2, 0) is 9.59 Å². The van der Waals surface area contributed by atoms with E-state index >= 15 is 0 Å². The molecule has 1 fully saturated rings. The van der Waals surface area contributed by atoms with Gasteiger partial charge in [-0.2, -0.15) is 0 Å². The fraction of sp³-hybridized carbons (Fsp3) is 0.261. The van der Waals surface area contributed by atoms with E-state index in [2.05, 4.69) is 10.3 Å². The number of benzene rings is 2. The van der Waals surface area contributed by atoms with Gasteiger partial charge in [0.1, 0.15) is 25.0 Å². The molecule has 9 heteroatoms. The van der Waals surface area contributed by atoms with Crippen molar-refractivity contribution in [2.45, 2.75) is 12.5 Å². The van der Waals surface area contributed by atoms with Crippen LogP contribution in [0.25, 0.3) is 10.9 Å². The first-order chi connectivity index (χ1) is 15.5. The SMILES string of the molecule is COc1cccc(NC(=O)C(c2cc3cc4c(cc3[nH]c2=O)OCCO4)N2CCC2=O)c1. The van der Waals surface area contributed by atoms with E-state index in [4.69, 9.17) is 14.2 Å². The number of amides is 2. The van der Waals surface area contributed by atoms with Crippen molar-refractivity contribution in [3.63, 3.8) is 0 Å². The molecule has 1 atom stereocenters. The van der Waals surface area contributed by atoms with E-state index in [1.54, 1.807) is 42.5 Å². The molecular weight excluding hydrogens is 414 g/mol. The highest BCUT2D eigenvalue weighted by atomic mass is 16.6. The number of aromatic amines is 1. The number of hydrogen-bond donors (Lipinski definition) is 2. The van der Waals surface area contributed by atoms with Crippen molar-refractivity contribution in [2.75, 3.05) is 32.2 Å². The first kappa shape index (κ1) is 19.9. The summed E-state index contributed by atoms with van der Waals surface area (Å²) in [6.45, 7) is 1.26. The lowest BCUT2D eigenvalue weighted by molar-refractivity contribution is -0.147. The number of aromatic nitrogens is 1. The predicted octanol–water partition coefficient (Wildman–Crippen LogP) is 2.22. The van der Waals surface area contributed by atoms with Crippen LogP contribution in [0.15, 0.2) is 47.3 Å². The van der Waals surface area contributed by atoms with Gasteiger partial charge in [-0.25, -0.2) is 0 Å². The number of ether oxygens (including phenoxy) is 3. The average Bonchev–Trinajstić information content (AvgIpc) is 2.80. The summed E-state index contributed by atoms with van der Waals surface area (Å²) in [6.07, 6.45) is 0.340. The van der Waals surface area contributed by atoms with Crippen LogP contribution in [0.1, 0.15) is 18.0 Å². The van der Waals surface area contributed by atoms with Crippen LogP contribution in [0.4, 0.5) is 5.69 Å². The summed E-state index contributed by atoms with van der Waals surface area (Å²) < 4.78 is 16.4. The lowest BCUT2D eigenvalue weighted by Gasteiger charge is -2.37. The van der Waals surface area contributed by atoms with Crippen molar-refractivity contribution in [3.8, 4) is 17.2 Å². The highest BCUT2D eigenvalue weighted by Crippen LogP contribution is 2.35. The van der Waals surface area contributed by atoms with Crippen LogP contribution < -0.4 is 25.1 Å². The highest BCUT2D eigenvalue weighted by Gasteiger charge is 2.38. The summed E-state index contributed by atoms with van der Waals surface area (Å²) in [7, 11) is 1.53. The third kappa shape index (κ3) is 3.51. The highest BCUT2D eigenvalue weighted by molar-refractivity contribution is 5.99. The summed E-state index contributed by atoms with van der Waals surface area (Å²) in [4.78, 5) is 42.7. The van der Waals surface area contributed by atoms with Crippen LogP contribution >= 0.6 is 0 Å². The van der Waals surface area contributed by atoms with E-state index in [0.29, 0.717) is 60.0 Å². The Morgan fingerprint density at radius 3 is 2.59 bits per heavy atom. The Balaban J connectivity index is 1.55. The molecule has 0 aliphatic carbocycles. The number of nitrogens with one attached hydrogen (secondary N) is 2. The maximum atomic E-state index is 13.3. The molecule has 5 rings (SSSR count). The summed E-state index contributed by atoms with van der Waals surface area (Å²) in [5.41, 5.74) is 0.802. The monoisotopic (exact) mass is 435 g/mol. The lowest BCUT2D eigenvalue weighted by atomic mass is 9.99. The maximum Gasteiger partial charge on any atom is 0.254 e. The molecule has 2 aliphatic rings. The molecule has 1 unspecified atom stereocenters. The molecule has 2 amide bonds. The second-order valence-electron chi connectivity index (χ2n) is 7.60. The van der Waals surface area contributed by atoms with E-state index in [1.807, 2.05) is 0 Å². The summed E-state index contributed by atoms with van der Waals surface area (Å²) in [6, 6.07) is 10.9. The van der Waals surface area contributed by atoms with Gasteiger partial charge in [0.05, 0.1) is 12.6 Å². The van der Waals surface area contributed by atoms with Crippen LogP contribution in [0.3, 0.4) is 0 Å². The fourth-order valence-electron chi connectivity index (χ4n) is 3.93. The van der Waals surface area contributed by atoms with Gasteiger partial charge in [0.2, 0.25) is 5.91 Å². The molecule has 32 heavy (non-hydrogen) atoms. The van der Waals surface area contributed by atoms with Crippen LogP contribution in [0.2, 0.25) is 0 Å². The van der Waals surface area contributed by atoms with Crippen molar-refractivity contribution in [2.24, 2.45) is 0 Å². The van der Waals surface area contributed by atoms with Crippen LogP contribution in [0.5, 0.6) is 17.2 Å². The number of hydrogen-bond acceptors (Lipinski definition) is 6. The fourth-order valence-corrected chi connectivity index (χ4v) is 3.93. The first-order valence-corrected chi connectivity index (χ1v) is 10.2. The van der Waals surface area contributed by atoms with E-state index in [9.17, 15) is 14.4 Å². The number of pyridine rings is 1. The molecule has 0 saturated carbocycles. The van der Waals surface area contributed by atoms with Crippen molar-refractivity contribution in [3.05, 3.63) is 58.4 Å². The Hall–Kier alpha value is -4.01. The van der Waals surface area contributed by atoms with Crippen LogP contribution in [-0.4, -0.2) is 48.6 Å². The van der Waals surface area contributed by atoms with Crippen LogP contribution in [0, 0.1) is 0 Å². The minimum Gasteiger partial charge on any atom is -0.497 e. The zero-order valence-electron chi connectivity index (χ0n) is 17.3. The normalized spacial score (nSPS) is 15.8. The van der Waals surface area contributed by atoms with Gasteiger partial charge in [-0.3, -0.25) is 14.4 Å². The molecule has 0 bridgehead atoms. The standard InChI is InChI=1S/C23H21N3O6/c1-30-15-4-2-3-14(11-15)24-23(29)21(26-6-5-20(26)27)16-9-13-10-18-19(32-8-7-31-18)12-17(13)25-22(16)28/h2-4,9-12,21H,5-8H2,1H3,(H,24,29)(H,25,28). The number of carbonyl (C=O) groups excluding carboxylic acids is 2. The third-order valence-corrected chi connectivity index (χ3v) is 5.61. The molecule has 3 aromatic rings. The van der Waals surface area contributed by atoms with Gasteiger partial charge in [-0.05, 0) is 24.3 Å². The Labute approximate surface area is 182 Å². The van der Waals surface area contributed by atoms with Gasteiger partial charge >= 0.3 is 0 Å². The second kappa shape index (κ2) is 7.92. The second-order valence-corrected chi connectivity index (χ2v) is 7.60. The van der Waals surface area contributed by atoms with Gasteiger partial charge in [0.15, 0.2) is 11.5 Å². The summed E-state index contributed by atoms with van der Waals surface area (Å²) in [5.74, 6) is 1.04. The Morgan fingerprint density at radius 2 is 1.91 bits per heavy atom. The smallest absolute Gasteiger partial charge is 0.254 e. The molecule has 164 valence electrons. The van der Waals surface area contributed by atoms with Crippen molar-refractivity contribution < 1.29 is 23.8 Å². The molecule has 2 aliphatic heterocycles. The van der Waals surface area contributed by atoms with E-state index < -0.39 is 17.5 Å². The zero-order chi connectivity index (χ0) is 22.2. The van der Waals surface area contributed by atoms with Gasteiger partial charge in [0, 0.05) is 41.7 Å². The number of carbonyl (C=O) groups is 2. The molecule has 1 saturated heterocycles. The molecular formula is C23H21N3O6. The summed E-state index contributed by atoms with van der Waals surface area (Å²) >= 11 is 0. The molecule has 9 nitrogen and oxygen atoms in total. The number of nitrogens with zero attached hydrogens (tertiary/aromatic N) is 1. The predicted molar refractivity (Wildman–Crippen MR) is 116 cm³/mol. The number of rotatable bonds is 5. The first-order valence-electron chi connectivity index (χ1n) is 10.2. The molecule has 2 N–H and O–H groups in total. The Morgan fingerprint density at radius 1 is 1.12 bits per heavy atom. The van der Waals surface area contributed by atoms with Gasteiger partial charge in [-0.1, -0.05) is 6.07 Å². The van der Waals surface area contributed by atoms with Crippen molar-refractivity contribution >= 4 is 28.4 Å². The number of likely N-dealkylation sites (tertiary alicyclic amines) is 1. The maximum absolute atomic E-state index is 13.3. The van der Waals surface area contributed by atoms with Gasteiger partial charge in [-0.15, -0.1) is 0 Å². The number of fused-ring (bicyclic) bond motifs is 2. The lowest BCUT2D eigenvalue weighted by Crippen LogP contribution is -2.50. The third-order valence-electron chi connectivity index (χ3n) is 5.61. The van der Waals surface area contributed by atoms with E-state index in [1.165, 1.54) is 12.0 Å². The number of methoxy groups -OCH3 is 1. The van der Waals surface area contributed by atoms with E-state index in [-0.39, 0.29) is 11.5 Å². The summed E-state index contributed by atoms with van der Waals surface area (Å²) in [5, 5.41) is 3.48. The minimum atomic E-state index is -1.07. The average molecular weight is 435 g/mol. The van der Waals surface area contributed by atoms with E-state index in [0.717, 1.165) is 0 Å². The molecule has 3 heterocycles. The number of H-pyrrole nitrogens is 1. The number of anilines is 1.